The van der Waals surface area contributed by atoms with Gasteiger partial charge in [-0.15, -0.1) is 0 Å². The molecule has 140 valence electrons. The van der Waals surface area contributed by atoms with Gasteiger partial charge in [-0.2, -0.15) is 0 Å². The van der Waals surface area contributed by atoms with Crippen LogP contribution in [0.3, 0.4) is 0 Å². The second kappa shape index (κ2) is 7.40. The number of ether oxygens (including phenoxy) is 2. The van der Waals surface area contributed by atoms with Crippen molar-refractivity contribution >= 4 is 17.5 Å². The van der Waals surface area contributed by atoms with E-state index in [1.54, 1.807) is 11.0 Å². The number of aryl methyl sites for hydroxylation is 1. The molecule has 1 fully saturated rings. The van der Waals surface area contributed by atoms with Crippen molar-refractivity contribution in [3.05, 3.63) is 59.2 Å². The highest BCUT2D eigenvalue weighted by atomic mass is 16.5. The van der Waals surface area contributed by atoms with E-state index in [1.807, 2.05) is 43.3 Å². The van der Waals surface area contributed by atoms with Crippen molar-refractivity contribution < 1.29 is 19.1 Å². The first-order valence-electron chi connectivity index (χ1n) is 9.14. The zero-order chi connectivity index (χ0) is 18.8. The molecular formula is C21H22N2O4. The minimum Gasteiger partial charge on any atom is -0.493 e. The van der Waals surface area contributed by atoms with Crippen molar-refractivity contribution in [2.24, 2.45) is 0 Å². The molecule has 27 heavy (non-hydrogen) atoms. The van der Waals surface area contributed by atoms with Crippen molar-refractivity contribution in [2.75, 3.05) is 31.6 Å². The zero-order valence-corrected chi connectivity index (χ0v) is 15.2. The van der Waals surface area contributed by atoms with Gasteiger partial charge in [0.2, 0.25) is 0 Å². The third-order valence-electron chi connectivity index (χ3n) is 4.87. The summed E-state index contributed by atoms with van der Waals surface area (Å²) < 4.78 is 11.1. The molecule has 6 heteroatoms. The molecule has 2 amide bonds. The van der Waals surface area contributed by atoms with Gasteiger partial charge in [0.25, 0.3) is 11.8 Å². The van der Waals surface area contributed by atoms with Gasteiger partial charge in [0, 0.05) is 24.2 Å². The number of carbonyl (C=O) groups is 2. The number of rotatable bonds is 3. The van der Waals surface area contributed by atoms with E-state index in [9.17, 15) is 9.59 Å². The minimum absolute atomic E-state index is 0.0821. The second-order valence-corrected chi connectivity index (χ2v) is 6.89. The molecule has 0 unspecified atom stereocenters. The molecule has 4 rings (SSSR count). The lowest BCUT2D eigenvalue weighted by molar-refractivity contribution is -0.131. The van der Waals surface area contributed by atoms with Crippen LogP contribution in [0.25, 0.3) is 0 Å². The lowest BCUT2D eigenvalue weighted by Crippen LogP contribution is -2.50. The van der Waals surface area contributed by atoms with Gasteiger partial charge in [0.15, 0.2) is 6.10 Å². The molecule has 2 aliphatic heterocycles. The van der Waals surface area contributed by atoms with Crippen LogP contribution in [-0.2, 0) is 16.0 Å². The monoisotopic (exact) mass is 366 g/mol. The van der Waals surface area contributed by atoms with Crippen molar-refractivity contribution in [2.45, 2.75) is 19.4 Å². The maximum atomic E-state index is 12.9. The van der Waals surface area contributed by atoms with Crippen molar-refractivity contribution in [1.29, 1.82) is 0 Å². The maximum Gasteiger partial charge on any atom is 0.255 e. The molecule has 0 aromatic heterocycles. The molecule has 2 aliphatic rings. The Morgan fingerprint density at radius 1 is 1.15 bits per heavy atom. The first-order chi connectivity index (χ1) is 13.1. The number of anilines is 1. The average molecular weight is 366 g/mol. The topological polar surface area (TPSA) is 67.9 Å². The van der Waals surface area contributed by atoms with Gasteiger partial charge in [-0.25, -0.2) is 0 Å². The summed E-state index contributed by atoms with van der Waals surface area (Å²) in [5, 5.41) is 2.87. The summed E-state index contributed by atoms with van der Waals surface area (Å²) in [4.78, 5) is 27.1. The van der Waals surface area contributed by atoms with E-state index in [4.69, 9.17) is 9.47 Å². The van der Waals surface area contributed by atoms with Crippen LogP contribution >= 0.6 is 0 Å². The Bertz CT molecular complexity index is 880. The molecule has 0 aliphatic carbocycles. The molecule has 0 saturated carbocycles. The molecule has 0 radical (unpaired) electrons. The van der Waals surface area contributed by atoms with Gasteiger partial charge in [-0.3, -0.25) is 9.59 Å². The average Bonchev–Trinajstić information content (AvgIpc) is 3.15. The summed E-state index contributed by atoms with van der Waals surface area (Å²) in [5.41, 5.74) is 3.47. The maximum absolute atomic E-state index is 12.9. The first kappa shape index (κ1) is 17.5. The van der Waals surface area contributed by atoms with E-state index in [0.29, 0.717) is 25.3 Å². The smallest absolute Gasteiger partial charge is 0.255 e. The fourth-order valence-corrected chi connectivity index (χ4v) is 3.44. The molecule has 2 heterocycles. The standard InChI is InChI=1S/C21H22N2O4/c1-14-3-2-4-17(11-14)22-20(24)19-13-23(8-10-27-19)21(25)16-5-6-18-15(12-16)7-9-26-18/h2-6,11-12,19H,7-10,13H2,1H3,(H,22,24)/t19-/m1/s1. The molecule has 2 aromatic rings. The van der Waals surface area contributed by atoms with Gasteiger partial charge < -0.3 is 19.7 Å². The number of morpholine rings is 1. The highest BCUT2D eigenvalue weighted by Gasteiger charge is 2.30. The van der Waals surface area contributed by atoms with E-state index in [1.165, 1.54) is 0 Å². The fourth-order valence-electron chi connectivity index (χ4n) is 3.44. The molecule has 6 nitrogen and oxygen atoms in total. The van der Waals surface area contributed by atoms with Crippen LogP contribution in [0.2, 0.25) is 0 Å². The third-order valence-corrected chi connectivity index (χ3v) is 4.87. The predicted molar refractivity (Wildman–Crippen MR) is 101 cm³/mol. The van der Waals surface area contributed by atoms with E-state index in [-0.39, 0.29) is 18.4 Å². The van der Waals surface area contributed by atoms with Crippen LogP contribution in [0.15, 0.2) is 42.5 Å². The molecule has 2 aromatic carbocycles. The van der Waals surface area contributed by atoms with Crippen LogP contribution in [0.5, 0.6) is 5.75 Å². The van der Waals surface area contributed by atoms with Crippen LogP contribution < -0.4 is 10.1 Å². The SMILES string of the molecule is Cc1cccc(NC(=O)[C@H]2CN(C(=O)c3ccc4c(c3)CCO4)CCO2)c1. The number of nitrogens with zero attached hydrogens (tertiary/aromatic N) is 1. The molecule has 1 saturated heterocycles. The number of benzene rings is 2. The zero-order valence-electron chi connectivity index (χ0n) is 15.2. The van der Waals surface area contributed by atoms with Crippen molar-refractivity contribution in [3.8, 4) is 5.75 Å². The molecular weight excluding hydrogens is 344 g/mol. The highest BCUT2D eigenvalue weighted by Crippen LogP contribution is 2.26. The Labute approximate surface area is 158 Å². The van der Waals surface area contributed by atoms with E-state index in [0.717, 1.165) is 29.0 Å². The van der Waals surface area contributed by atoms with Gasteiger partial charge in [-0.05, 0) is 48.4 Å². The lowest BCUT2D eigenvalue weighted by atomic mass is 10.1. The van der Waals surface area contributed by atoms with E-state index in [2.05, 4.69) is 5.32 Å². The summed E-state index contributed by atoms with van der Waals surface area (Å²) in [5.74, 6) is 0.533. The van der Waals surface area contributed by atoms with Crippen LogP contribution in [0, 0.1) is 6.92 Å². The molecule has 1 atom stereocenters. The van der Waals surface area contributed by atoms with Gasteiger partial charge >= 0.3 is 0 Å². The quantitative estimate of drug-likeness (QED) is 0.906. The third kappa shape index (κ3) is 3.80. The number of amides is 2. The van der Waals surface area contributed by atoms with Crippen LogP contribution in [0.4, 0.5) is 5.69 Å². The summed E-state index contributed by atoms with van der Waals surface area (Å²) in [6.07, 6.45) is 0.141. The van der Waals surface area contributed by atoms with Gasteiger partial charge in [0.1, 0.15) is 5.75 Å². The Morgan fingerprint density at radius 2 is 2.04 bits per heavy atom. The molecule has 0 spiro atoms. The first-order valence-corrected chi connectivity index (χ1v) is 9.14. The largest absolute Gasteiger partial charge is 0.493 e. The molecule has 1 N–H and O–H groups in total. The fraction of sp³-hybridized carbons (Fsp3) is 0.333. The van der Waals surface area contributed by atoms with Gasteiger partial charge in [0.05, 0.1) is 19.8 Å². The minimum atomic E-state index is -0.680. The van der Waals surface area contributed by atoms with Crippen molar-refractivity contribution in [1.82, 2.24) is 4.90 Å². The summed E-state index contributed by atoms with van der Waals surface area (Å²) in [6, 6.07) is 13.1. The highest BCUT2D eigenvalue weighted by molar-refractivity contribution is 5.97. The van der Waals surface area contributed by atoms with Crippen LogP contribution in [0.1, 0.15) is 21.5 Å². The van der Waals surface area contributed by atoms with E-state index >= 15 is 0 Å². The summed E-state index contributed by atoms with van der Waals surface area (Å²) >= 11 is 0. The van der Waals surface area contributed by atoms with Crippen molar-refractivity contribution in [3.63, 3.8) is 0 Å². The number of fused-ring (bicyclic) bond motifs is 1. The second-order valence-electron chi connectivity index (χ2n) is 6.89. The van der Waals surface area contributed by atoms with Gasteiger partial charge in [-0.1, -0.05) is 12.1 Å². The summed E-state index contributed by atoms with van der Waals surface area (Å²) in [7, 11) is 0. The Morgan fingerprint density at radius 3 is 2.89 bits per heavy atom. The lowest BCUT2D eigenvalue weighted by Gasteiger charge is -2.32. The summed E-state index contributed by atoms with van der Waals surface area (Å²) in [6.45, 7) is 3.68. The number of carbonyl (C=O) groups excluding carboxylic acids is 2. The number of nitrogens with one attached hydrogen (secondary N) is 1. The van der Waals surface area contributed by atoms with E-state index < -0.39 is 6.10 Å². The molecule has 0 bridgehead atoms. The predicted octanol–water partition coefficient (Wildman–Crippen LogP) is 2.41. The Balaban J connectivity index is 1.43. The normalized spacial score (nSPS) is 18.6. The number of hydrogen-bond donors (Lipinski definition) is 1. The Hall–Kier alpha value is -2.86. The number of hydrogen-bond acceptors (Lipinski definition) is 4. The van der Waals surface area contributed by atoms with Crippen LogP contribution in [-0.4, -0.2) is 49.1 Å². The Kier molecular flexibility index (Phi) is 4.81.